The maximum atomic E-state index is 11.8. The molecule has 2 aromatic heterocycles. The van der Waals surface area contributed by atoms with Crippen molar-refractivity contribution in [2.75, 3.05) is 18.0 Å². The van der Waals surface area contributed by atoms with E-state index in [-0.39, 0.29) is 12.3 Å². The summed E-state index contributed by atoms with van der Waals surface area (Å²) in [6.45, 7) is 0.911. The highest BCUT2D eigenvalue weighted by molar-refractivity contribution is 5.90. The molecule has 0 saturated carbocycles. The smallest absolute Gasteiger partial charge is 0.305 e. The first-order chi connectivity index (χ1) is 9.65. The fourth-order valence-electron chi connectivity index (χ4n) is 2.15. The third-order valence-electron chi connectivity index (χ3n) is 3.05. The van der Waals surface area contributed by atoms with Gasteiger partial charge in [-0.25, -0.2) is 0 Å². The predicted molar refractivity (Wildman–Crippen MR) is 65.0 cm³/mol. The zero-order valence-electron chi connectivity index (χ0n) is 10.3. The second-order valence-corrected chi connectivity index (χ2v) is 4.32. The lowest BCUT2D eigenvalue weighted by molar-refractivity contribution is -0.139. The summed E-state index contributed by atoms with van der Waals surface area (Å²) < 4.78 is 1.24. The first-order valence-electron chi connectivity index (χ1n) is 5.97. The Balaban J connectivity index is 1.95. The second-order valence-electron chi connectivity index (χ2n) is 4.32. The number of aliphatic carboxylic acids is 1. The molecule has 0 spiro atoms. The molecule has 10 nitrogen and oxygen atoms in total. The lowest BCUT2D eigenvalue weighted by atomic mass is 10.1. The van der Waals surface area contributed by atoms with Gasteiger partial charge >= 0.3 is 5.97 Å². The van der Waals surface area contributed by atoms with Crippen molar-refractivity contribution in [1.29, 1.82) is 0 Å². The third kappa shape index (κ3) is 2.11. The summed E-state index contributed by atoms with van der Waals surface area (Å²) in [6.07, 6.45) is -0.291. The Morgan fingerprint density at radius 2 is 2.35 bits per heavy atom. The molecule has 2 N–H and O–H groups in total. The Bertz CT molecular complexity index is 670. The van der Waals surface area contributed by atoms with Crippen LogP contribution in [0.4, 0.5) is 5.82 Å². The molecule has 1 aliphatic heterocycles. The molecular formula is C10H11N7O3. The van der Waals surface area contributed by atoms with Crippen molar-refractivity contribution in [2.24, 2.45) is 0 Å². The molecule has 1 aliphatic rings. The number of nitrogens with zero attached hydrogens (tertiary/aromatic N) is 6. The average Bonchev–Trinajstić information content (AvgIpc) is 2.88. The van der Waals surface area contributed by atoms with Gasteiger partial charge in [-0.3, -0.25) is 9.59 Å². The van der Waals surface area contributed by atoms with Crippen LogP contribution in [0.2, 0.25) is 0 Å². The molecule has 1 amide bonds. The topological polar surface area (TPSA) is 126 Å². The fraction of sp³-hybridized carbons (Fsp3) is 0.400. The molecule has 0 radical (unpaired) electrons. The van der Waals surface area contributed by atoms with E-state index in [2.05, 4.69) is 25.9 Å². The minimum absolute atomic E-state index is 0.291. The molecule has 0 aromatic carbocycles. The molecule has 104 valence electrons. The van der Waals surface area contributed by atoms with Gasteiger partial charge in [-0.15, -0.1) is 14.8 Å². The van der Waals surface area contributed by atoms with Crippen molar-refractivity contribution in [2.45, 2.75) is 12.5 Å². The van der Waals surface area contributed by atoms with Crippen LogP contribution in [0.1, 0.15) is 6.42 Å². The minimum atomic E-state index is -1.04. The number of carboxylic acid groups (broad SMARTS) is 1. The molecule has 1 atom stereocenters. The Labute approximate surface area is 112 Å². The van der Waals surface area contributed by atoms with Crippen molar-refractivity contribution < 1.29 is 14.7 Å². The summed E-state index contributed by atoms with van der Waals surface area (Å²) in [5, 5.41) is 26.7. The van der Waals surface area contributed by atoms with Crippen molar-refractivity contribution >= 4 is 23.3 Å². The van der Waals surface area contributed by atoms with Gasteiger partial charge in [-0.05, 0) is 22.6 Å². The van der Waals surface area contributed by atoms with Gasteiger partial charge in [0.05, 0.1) is 6.42 Å². The van der Waals surface area contributed by atoms with Crippen LogP contribution >= 0.6 is 0 Å². The van der Waals surface area contributed by atoms with E-state index in [0.717, 1.165) is 0 Å². The first-order valence-corrected chi connectivity index (χ1v) is 5.97. The number of piperazine rings is 1. The van der Waals surface area contributed by atoms with Crippen LogP contribution in [0.25, 0.3) is 5.65 Å². The number of anilines is 1. The summed E-state index contributed by atoms with van der Waals surface area (Å²) in [4.78, 5) is 24.4. The number of rotatable bonds is 3. The van der Waals surface area contributed by atoms with Gasteiger partial charge in [0.25, 0.3) is 0 Å². The van der Waals surface area contributed by atoms with E-state index >= 15 is 0 Å². The van der Waals surface area contributed by atoms with Gasteiger partial charge in [0.2, 0.25) is 5.91 Å². The minimum Gasteiger partial charge on any atom is -0.481 e. The Hall–Kier alpha value is -2.78. The van der Waals surface area contributed by atoms with Crippen molar-refractivity contribution in [3.8, 4) is 0 Å². The van der Waals surface area contributed by atoms with Crippen LogP contribution in [0.5, 0.6) is 0 Å². The zero-order valence-corrected chi connectivity index (χ0v) is 10.3. The Morgan fingerprint density at radius 3 is 3.15 bits per heavy atom. The molecule has 10 heteroatoms. The lowest BCUT2D eigenvalue weighted by Crippen LogP contribution is -2.56. The van der Waals surface area contributed by atoms with E-state index in [1.807, 2.05) is 0 Å². The number of amides is 1. The van der Waals surface area contributed by atoms with E-state index in [4.69, 9.17) is 5.11 Å². The van der Waals surface area contributed by atoms with E-state index < -0.39 is 12.0 Å². The molecular weight excluding hydrogens is 266 g/mol. The fourth-order valence-corrected chi connectivity index (χ4v) is 2.15. The Kier molecular flexibility index (Phi) is 2.89. The highest BCUT2D eigenvalue weighted by Crippen LogP contribution is 2.18. The normalized spacial score (nSPS) is 19.1. The number of hydrogen-bond donors (Lipinski definition) is 2. The monoisotopic (exact) mass is 277 g/mol. The lowest BCUT2D eigenvalue weighted by Gasteiger charge is -2.34. The summed E-state index contributed by atoms with van der Waals surface area (Å²) in [7, 11) is 0. The molecule has 0 aliphatic carbocycles. The summed E-state index contributed by atoms with van der Waals surface area (Å²) in [6, 6.07) is 2.54. The van der Waals surface area contributed by atoms with Gasteiger partial charge in [-0.2, -0.15) is 0 Å². The Morgan fingerprint density at radius 1 is 1.50 bits per heavy atom. The number of nitrogens with one attached hydrogen (secondary N) is 1. The molecule has 2 aromatic rings. The largest absolute Gasteiger partial charge is 0.481 e. The van der Waals surface area contributed by atoms with Crippen molar-refractivity contribution in [3.05, 3.63) is 12.1 Å². The van der Waals surface area contributed by atoms with E-state index in [1.165, 1.54) is 4.63 Å². The van der Waals surface area contributed by atoms with Crippen LogP contribution in [0.15, 0.2) is 12.1 Å². The number of aromatic nitrogens is 5. The van der Waals surface area contributed by atoms with Gasteiger partial charge < -0.3 is 15.3 Å². The highest BCUT2D eigenvalue weighted by atomic mass is 16.4. The second kappa shape index (κ2) is 4.72. The summed E-state index contributed by atoms with van der Waals surface area (Å²) in [5.74, 6) is -0.899. The number of hydrogen-bond acceptors (Lipinski definition) is 7. The van der Waals surface area contributed by atoms with Gasteiger partial charge in [-0.1, -0.05) is 0 Å². The van der Waals surface area contributed by atoms with Crippen LogP contribution < -0.4 is 10.2 Å². The van der Waals surface area contributed by atoms with Gasteiger partial charge in [0.1, 0.15) is 6.04 Å². The van der Waals surface area contributed by atoms with Crippen molar-refractivity contribution in [1.82, 2.24) is 30.6 Å². The van der Waals surface area contributed by atoms with Crippen LogP contribution in [0, 0.1) is 0 Å². The summed E-state index contributed by atoms with van der Waals surface area (Å²) >= 11 is 0. The third-order valence-corrected chi connectivity index (χ3v) is 3.05. The van der Waals surface area contributed by atoms with Crippen LogP contribution in [-0.2, 0) is 9.59 Å². The number of carboxylic acids is 1. The van der Waals surface area contributed by atoms with E-state index in [9.17, 15) is 9.59 Å². The quantitative estimate of drug-likeness (QED) is 0.680. The standard InChI is InChI=1S/C10H11N7O3/c18-9(19)5-6-10(20)11-3-4-16(6)8-2-1-7-12-14-15-17(7)13-8/h1-2,6H,3-5H2,(H,11,20)(H,18,19). The molecule has 1 fully saturated rings. The molecule has 1 saturated heterocycles. The van der Waals surface area contributed by atoms with Crippen LogP contribution in [-0.4, -0.2) is 61.4 Å². The highest BCUT2D eigenvalue weighted by Gasteiger charge is 2.32. The van der Waals surface area contributed by atoms with Crippen LogP contribution in [0.3, 0.4) is 0 Å². The number of tetrazole rings is 1. The molecule has 3 heterocycles. The number of fused-ring (bicyclic) bond motifs is 1. The van der Waals surface area contributed by atoms with E-state index in [1.54, 1.807) is 17.0 Å². The average molecular weight is 277 g/mol. The molecule has 1 unspecified atom stereocenters. The zero-order chi connectivity index (χ0) is 14.1. The van der Waals surface area contributed by atoms with E-state index in [0.29, 0.717) is 24.6 Å². The SMILES string of the molecule is O=C(O)CC1C(=O)NCCN1c1ccc2nnnn2n1. The number of carbonyl (C=O) groups is 2. The van der Waals surface area contributed by atoms with Crippen molar-refractivity contribution in [3.63, 3.8) is 0 Å². The maximum Gasteiger partial charge on any atom is 0.305 e. The first kappa shape index (κ1) is 12.3. The van der Waals surface area contributed by atoms with Gasteiger partial charge in [0, 0.05) is 13.1 Å². The maximum absolute atomic E-state index is 11.8. The summed E-state index contributed by atoms with van der Waals surface area (Å²) in [5.41, 5.74) is 0.477. The predicted octanol–water partition coefficient (Wildman–Crippen LogP) is -1.70. The van der Waals surface area contributed by atoms with Gasteiger partial charge in [0.15, 0.2) is 11.5 Å². The molecule has 3 rings (SSSR count). The molecule has 0 bridgehead atoms. The molecule has 20 heavy (non-hydrogen) atoms. The number of carbonyl (C=O) groups excluding carboxylic acids is 1.